The molecule has 1 aliphatic heterocycles. The van der Waals surface area contributed by atoms with E-state index in [1.54, 1.807) is 0 Å². The van der Waals surface area contributed by atoms with Crippen LogP contribution in [0.5, 0.6) is 0 Å². The second-order valence-corrected chi connectivity index (χ2v) is 8.09. The van der Waals surface area contributed by atoms with Gasteiger partial charge in [0, 0.05) is 24.7 Å². The van der Waals surface area contributed by atoms with Crippen molar-refractivity contribution in [1.29, 1.82) is 0 Å². The van der Waals surface area contributed by atoms with Crippen molar-refractivity contribution in [2.24, 2.45) is 5.73 Å². The maximum absolute atomic E-state index is 13.6. The molecule has 1 aromatic rings. The van der Waals surface area contributed by atoms with Gasteiger partial charge in [-0.3, -0.25) is 4.79 Å². The summed E-state index contributed by atoms with van der Waals surface area (Å²) in [7, 11) is 0. The molecule has 1 saturated heterocycles. The molecule has 5 heteroatoms. The van der Waals surface area contributed by atoms with Gasteiger partial charge in [-0.25, -0.2) is 0 Å². The lowest BCUT2D eigenvalue weighted by Gasteiger charge is -2.42. The molecular weight excluding hydrogens is 348 g/mol. The Hall–Kier alpha value is -1.10. The summed E-state index contributed by atoms with van der Waals surface area (Å²) in [6.07, 6.45) is 8.36. The summed E-state index contributed by atoms with van der Waals surface area (Å²) in [5.41, 5.74) is 6.29. The Morgan fingerprint density at radius 1 is 1.15 bits per heavy atom. The lowest BCUT2D eigenvalue weighted by atomic mass is 9.68. The highest BCUT2D eigenvalue weighted by molar-refractivity contribution is 6.30. The van der Waals surface area contributed by atoms with Crippen molar-refractivity contribution in [2.75, 3.05) is 26.2 Å². The number of likely N-dealkylation sites (tertiary alicyclic amines) is 1. The number of carbonyl (C=O) groups is 1. The minimum Gasteiger partial charge on any atom is -0.378 e. The molecule has 2 fully saturated rings. The van der Waals surface area contributed by atoms with Crippen LogP contribution in [0.1, 0.15) is 56.9 Å². The zero-order valence-electron chi connectivity index (χ0n) is 15.6. The van der Waals surface area contributed by atoms with E-state index in [2.05, 4.69) is 4.90 Å². The summed E-state index contributed by atoms with van der Waals surface area (Å²) in [6, 6.07) is 7.93. The van der Waals surface area contributed by atoms with Crippen LogP contribution in [0.2, 0.25) is 5.02 Å². The molecule has 0 unspecified atom stereocenters. The third-order valence-electron chi connectivity index (χ3n) is 5.94. The third kappa shape index (κ3) is 4.41. The standard InChI is InChI=1S/C21H31ClN2O2/c22-18-7-5-17(6-8-18)21(11-2-1-3-12-21)20(25)24-14-9-19(10-15-24)26-16-4-13-23/h5-8,19H,1-4,9-16,23H2. The smallest absolute Gasteiger partial charge is 0.233 e. The average molecular weight is 379 g/mol. The summed E-state index contributed by atoms with van der Waals surface area (Å²) >= 11 is 6.08. The molecule has 1 saturated carbocycles. The number of nitrogens with zero attached hydrogens (tertiary/aromatic N) is 1. The normalized spacial score (nSPS) is 20.9. The second-order valence-electron chi connectivity index (χ2n) is 7.65. The van der Waals surface area contributed by atoms with Gasteiger partial charge in [0.2, 0.25) is 5.91 Å². The van der Waals surface area contributed by atoms with Crippen LogP contribution in [0.15, 0.2) is 24.3 Å². The van der Waals surface area contributed by atoms with Crippen molar-refractivity contribution in [2.45, 2.75) is 62.9 Å². The topological polar surface area (TPSA) is 55.6 Å². The zero-order valence-corrected chi connectivity index (χ0v) is 16.3. The molecule has 0 aromatic heterocycles. The van der Waals surface area contributed by atoms with E-state index in [9.17, 15) is 4.79 Å². The molecule has 1 aliphatic carbocycles. The van der Waals surface area contributed by atoms with E-state index in [1.807, 2.05) is 24.3 Å². The predicted octanol–water partition coefficient (Wildman–Crippen LogP) is 3.90. The van der Waals surface area contributed by atoms with Gasteiger partial charge in [-0.2, -0.15) is 0 Å². The summed E-state index contributed by atoms with van der Waals surface area (Å²) in [5, 5.41) is 0.725. The molecule has 1 aromatic carbocycles. The Balaban J connectivity index is 1.68. The highest BCUT2D eigenvalue weighted by Crippen LogP contribution is 2.42. The molecule has 4 nitrogen and oxygen atoms in total. The fraction of sp³-hybridized carbons (Fsp3) is 0.667. The van der Waals surface area contributed by atoms with Gasteiger partial charge in [-0.05, 0) is 56.3 Å². The average Bonchev–Trinajstić information content (AvgIpc) is 2.69. The number of rotatable bonds is 6. The van der Waals surface area contributed by atoms with Crippen molar-refractivity contribution >= 4 is 17.5 Å². The molecule has 2 N–H and O–H groups in total. The van der Waals surface area contributed by atoms with Gasteiger partial charge in [0.05, 0.1) is 11.5 Å². The molecule has 144 valence electrons. The molecule has 0 atom stereocenters. The minimum atomic E-state index is -0.365. The number of ether oxygens (including phenoxy) is 1. The van der Waals surface area contributed by atoms with Crippen LogP contribution >= 0.6 is 11.6 Å². The molecule has 3 rings (SSSR count). The number of amides is 1. The Labute approximate surface area is 162 Å². The molecule has 0 spiro atoms. The van der Waals surface area contributed by atoms with Crippen LogP contribution in [0.25, 0.3) is 0 Å². The van der Waals surface area contributed by atoms with Gasteiger partial charge in [0.25, 0.3) is 0 Å². The van der Waals surface area contributed by atoms with E-state index in [0.29, 0.717) is 12.5 Å². The summed E-state index contributed by atoms with van der Waals surface area (Å²) in [4.78, 5) is 15.6. The van der Waals surface area contributed by atoms with Gasteiger partial charge >= 0.3 is 0 Å². The van der Waals surface area contributed by atoms with Crippen LogP contribution in [0.3, 0.4) is 0 Å². The highest BCUT2D eigenvalue weighted by atomic mass is 35.5. The minimum absolute atomic E-state index is 0.267. The number of hydrogen-bond acceptors (Lipinski definition) is 3. The summed E-state index contributed by atoms with van der Waals surface area (Å²) < 4.78 is 5.89. The largest absolute Gasteiger partial charge is 0.378 e. The molecule has 26 heavy (non-hydrogen) atoms. The van der Waals surface area contributed by atoms with Gasteiger partial charge < -0.3 is 15.4 Å². The quantitative estimate of drug-likeness (QED) is 0.764. The first-order chi connectivity index (χ1) is 12.7. The van der Waals surface area contributed by atoms with E-state index in [0.717, 1.165) is 75.2 Å². The van der Waals surface area contributed by atoms with Crippen LogP contribution in [0.4, 0.5) is 0 Å². The Kier molecular flexibility index (Phi) is 6.96. The van der Waals surface area contributed by atoms with Crippen molar-refractivity contribution < 1.29 is 9.53 Å². The number of nitrogens with two attached hydrogens (primary N) is 1. The van der Waals surface area contributed by atoms with E-state index in [1.165, 1.54) is 6.42 Å². The molecule has 0 radical (unpaired) electrons. The highest BCUT2D eigenvalue weighted by Gasteiger charge is 2.44. The SMILES string of the molecule is NCCCOC1CCN(C(=O)C2(c3ccc(Cl)cc3)CCCCC2)CC1. The number of hydrogen-bond donors (Lipinski definition) is 1. The molecule has 2 aliphatic rings. The number of piperidine rings is 1. The van der Waals surface area contributed by atoms with Crippen molar-refractivity contribution in [1.82, 2.24) is 4.90 Å². The van der Waals surface area contributed by atoms with E-state index in [-0.39, 0.29) is 11.5 Å². The first kappa shape index (κ1) is 19.7. The first-order valence-corrected chi connectivity index (χ1v) is 10.4. The third-order valence-corrected chi connectivity index (χ3v) is 6.20. The predicted molar refractivity (Wildman–Crippen MR) is 105 cm³/mol. The Morgan fingerprint density at radius 3 is 2.42 bits per heavy atom. The monoisotopic (exact) mass is 378 g/mol. The van der Waals surface area contributed by atoms with E-state index >= 15 is 0 Å². The van der Waals surface area contributed by atoms with Crippen molar-refractivity contribution in [3.8, 4) is 0 Å². The van der Waals surface area contributed by atoms with Crippen LogP contribution in [0, 0.1) is 0 Å². The van der Waals surface area contributed by atoms with Crippen LogP contribution in [-0.4, -0.2) is 43.2 Å². The molecule has 1 amide bonds. The van der Waals surface area contributed by atoms with Gasteiger partial charge in [0.15, 0.2) is 0 Å². The van der Waals surface area contributed by atoms with E-state index in [4.69, 9.17) is 22.1 Å². The molecule has 0 bridgehead atoms. The Bertz CT molecular complexity index is 576. The summed E-state index contributed by atoms with van der Waals surface area (Å²) in [5.74, 6) is 0.305. The maximum Gasteiger partial charge on any atom is 0.233 e. The first-order valence-electron chi connectivity index (χ1n) is 10.0. The maximum atomic E-state index is 13.6. The van der Waals surface area contributed by atoms with E-state index < -0.39 is 0 Å². The Morgan fingerprint density at radius 2 is 1.81 bits per heavy atom. The fourth-order valence-corrected chi connectivity index (χ4v) is 4.54. The lowest BCUT2D eigenvalue weighted by molar-refractivity contribution is -0.141. The molecular formula is C21H31ClN2O2. The zero-order chi connectivity index (χ0) is 18.4. The molecule has 1 heterocycles. The van der Waals surface area contributed by atoms with Crippen LogP contribution in [-0.2, 0) is 14.9 Å². The van der Waals surface area contributed by atoms with Crippen molar-refractivity contribution in [3.63, 3.8) is 0 Å². The van der Waals surface area contributed by atoms with Gasteiger partial charge in [-0.15, -0.1) is 0 Å². The second kappa shape index (κ2) is 9.20. The number of benzene rings is 1. The van der Waals surface area contributed by atoms with Gasteiger partial charge in [0.1, 0.15) is 0 Å². The summed E-state index contributed by atoms with van der Waals surface area (Å²) in [6.45, 7) is 2.98. The van der Waals surface area contributed by atoms with Crippen LogP contribution < -0.4 is 5.73 Å². The lowest BCUT2D eigenvalue weighted by Crippen LogP contribution is -2.51. The van der Waals surface area contributed by atoms with Gasteiger partial charge in [-0.1, -0.05) is 43.0 Å². The number of carbonyl (C=O) groups excluding carboxylic acids is 1. The number of halogens is 1. The fourth-order valence-electron chi connectivity index (χ4n) is 4.41. The van der Waals surface area contributed by atoms with Crippen molar-refractivity contribution in [3.05, 3.63) is 34.9 Å².